The lowest BCUT2D eigenvalue weighted by atomic mass is 9.71. The molecule has 0 aliphatic heterocycles. The molecule has 2 aromatic rings. The summed E-state index contributed by atoms with van der Waals surface area (Å²) in [5, 5.41) is 41.7. The van der Waals surface area contributed by atoms with Crippen molar-refractivity contribution in [3.63, 3.8) is 0 Å². The van der Waals surface area contributed by atoms with Crippen molar-refractivity contribution in [1.82, 2.24) is 0 Å². The van der Waals surface area contributed by atoms with Gasteiger partial charge in [0.05, 0.1) is 42.1 Å². The number of nitrogens with two attached hydrogens (primary N) is 1. The van der Waals surface area contributed by atoms with Crippen molar-refractivity contribution in [3.8, 4) is 11.5 Å². The lowest BCUT2D eigenvalue weighted by Gasteiger charge is -2.40. The summed E-state index contributed by atoms with van der Waals surface area (Å²) in [4.78, 5) is 39.1. The Balaban J connectivity index is 1.90. The third-order valence-corrected chi connectivity index (χ3v) is 6.77. The van der Waals surface area contributed by atoms with E-state index in [0.29, 0.717) is 0 Å². The first-order valence-electron chi connectivity index (χ1n) is 11.6. The normalized spacial score (nSPS) is 22.4. The number of carbonyl (C=O) groups excluding carboxylic acids is 3. The van der Waals surface area contributed by atoms with Crippen LogP contribution in [0.15, 0.2) is 24.3 Å². The van der Waals surface area contributed by atoms with E-state index in [1.54, 1.807) is 12.1 Å². The number of hydrogen-bond donors (Lipinski definition) is 5. The van der Waals surface area contributed by atoms with Crippen LogP contribution in [-0.4, -0.2) is 68.9 Å². The van der Waals surface area contributed by atoms with Gasteiger partial charge in [-0.05, 0) is 13.8 Å². The molecule has 0 saturated heterocycles. The van der Waals surface area contributed by atoms with Gasteiger partial charge in [0.15, 0.2) is 17.9 Å². The highest BCUT2D eigenvalue weighted by molar-refractivity contribution is 6.30. The number of aliphatic hydroxyl groups excluding tert-OH is 2. The summed E-state index contributed by atoms with van der Waals surface area (Å²) in [5.74, 6) is -2.77. The fourth-order valence-electron chi connectivity index (χ4n) is 4.92. The van der Waals surface area contributed by atoms with Crippen molar-refractivity contribution < 1.29 is 44.3 Å². The molecule has 2 aromatic carbocycles. The highest BCUT2D eigenvalue weighted by Gasteiger charge is 2.47. The standard InChI is InChI=1S/C26H29NO9/c1-12(29)9-18(35-8-7-28)36-17-11-26(27,13(2)30)10-16-19(17)25(34)21-20(24(16)33)22(31)14-5-3-4-6-15(14)23(21)32/h3-6,12,17-18,28-29,33-34H,7-11,27H2,1-2H3/t12-,17-,18-,26-/m0/s1. The molecule has 0 radical (unpaired) electrons. The van der Waals surface area contributed by atoms with Crippen LogP contribution in [0.25, 0.3) is 0 Å². The zero-order valence-corrected chi connectivity index (χ0v) is 20.0. The minimum absolute atomic E-state index is 0.00798. The molecule has 10 heteroatoms. The van der Waals surface area contributed by atoms with Crippen molar-refractivity contribution in [2.75, 3.05) is 13.2 Å². The summed E-state index contributed by atoms with van der Waals surface area (Å²) in [7, 11) is 0. The van der Waals surface area contributed by atoms with Gasteiger partial charge in [0.1, 0.15) is 17.3 Å². The second-order valence-corrected chi connectivity index (χ2v) is 9.37. The van der Waals surface area contributed by atoms with E-state index in [0.717, 1.165) is 0 Å². The van der Waals surface area contributed by atoms with Gasteiger partial charge in [-0.2, -0.15) is 0 Å². The molecule has 192 valence electrons. The van der Waals surface area contributed by atoms with Crippen molar-refractivity contribution in [2.24, 2.45) is 5.73 Å². The predicted molar refractivity (Wildman–Crippen MR) is 126 cm³/mol. The first-order valence-corrected chi connectivity index (χ1v) is 11.6. The van der Waals surface area contributed by atoms with E-state index in [1.807, 2.05) is 0 Å². The Morgan fingerprint density at radius 1 is 1.14 bits per heavy atom. The first kappa shape index (κ1) is 25.9. The van der Waals surface area contributed by atoms with Crippen LogP contribution in [0.4, 0.5) is 0 Å². The minimum atomic E-state index is -1.51. The van der Waals surface area contributed by atoms with Crippen LogP contribution >= 0.6 is 0 Å². The maximum Gasteiger partial charge on any atom is 0.198 e. The Morgan fingerprint density at radius 2 is 1.72 bits per heavy atom. The quantitative estimate of drug-likeness (QED) is 0.224. The fourth-order valence-corrected chi connectivity index (χ4v) is 4.92. The highest BCUT2D eigenvalue weighted by atomic mass is 16.7. The van der Waals surface area contributed by atoms with E-state index < -0.39 is 52.9 Å². The molecule has 4 atom stereocenters. The summed E-state index contributed by atoms with van der Waals surface area (Å²) in [6.07, 6.45) is -3.40. The van der Waals surface area contributed by atoms with E-state index in [9.17, 15) is 29.7 Å². The van der Waals surface area contributed by atoms with Crippen LogP contribution < -0.4 is 5.73 Å². The molecule has 10 nitrogen and oxygen atoms in total. The molecule has 36 heavy (non-hydrogen) atoms. The van der Waals surface area contributed by atoms with Crippen LogP contribution in [-0.2, 0) is 20.7 Å². The molecular weight excluding hydrogens is 470 g/mol. The average Bonchev–Trinajstić information content (AvgIpc) is 2.82. The second-order valence-electron chi connectivity index (χ2n) is 9.37. The predicted octanol–water partition coefficient (Wildman–Crippen LogP) is 1.27. The molecule has 0 aromatic heterocycles. The number of phenols is 2. The van der Waals surface area contributed by atoms with Gasteiger partial charge in [-0.1, -0.05) is 24.3 Å². The van der Waals surface area contributed by atoms with Gasteiger partial charge in [0.2, 0.25) is 0 Å². The molecule has 0 unspecified atom stereocenters. The number of benzene rings is 2. The molecule has 0 amide bonds. The number of aromatic hydroxyl groups is 2. The number of phenolic OH excluding ortho intramolecular Hbond substituents is 2. The third kappa shape index (κ3) is 4.31. The monoisotopic (exact) mass is 499 g/mol. The fraction of sp³-hybridized carbons (Fsp3) is 0.423. The number of fused-ring (bicyclic) bond motifs is 3. The van der Waals surface area contributed by atoms with E-state index >= 15 is 0 Å². The van der Waals surface area contributed by atoms with E-state index in [1.165, 1.54) is 26.0 Å². The van der Waals surface area contributed by atoms with Gasteiger partial charge >= 0.3 is 0 Å². The van der Waals surface area contributed by atoms with Crippen molar-refractivity contribution in [3.05, 3.63) is 57.6 Å². The summed E-state index contributed by atoms with van der Waals surface area (Å²) >= 11 is 0. The van der Waals surface area contributed by atoms with E-state index in [4.69, 9.17) is 20.3 Å². The Kier molecular flexibility index (Phi) is 7.00. The van der Waals surface area contributed by atoms with Crippen molar-refractivity contribution in [2.45, 2.75) is 57.1 Å². The molecule has 2 aliphatic carbocycles. The van der Waals surface area contributed by atoms with Gasteiger partial charge < -0.3 is 35.6 Å². The van der Waals surface area contributed by atoms with Crippen LogP contribution in [0.2, 0.25) is 0 Å². The molecule has 4 rings (SSSR count). The zero-order chi connectivity index (χ0) is 26.4. The number of hydrogen-bond acceptors (Lipinski definition) is 10. The van der Waals surface area contributed by atoms with Crippen LogP contribution in [0.1, 0.15) is 75.8 Å². The smallest absolute Gasteiger partial charge is 0.198 e. The Labute approximate surface area is 207 Å². The Morgan fingerprint density at radius 3 is 2.25 bits per heavy atom. The summed E-state index contributed by atoms with van der Waals surface area (Å²) in [5.41, 5.74) is 4.44. The molecule has 0 bridgehead atoms. The molecule has 0 fully saturated rings. The second kappa shape index (κ2) is 9.72. The molecule has 2 aliphatic rings. The van der Waals surface area contributed by atoms with E-state index in [2.05, 4.69) is 0 Å². The topological polar surface area (TPSA) is 177 Å². The first-order chi connectivity index (χ1) is 17.0. The molecule has 0 spiro atoms. The summed E-state index contributed by atoms with van der Waals surface area (Å²) in [6, 6.07) is 6.10. The van der Waals surface area contributed by atoms with Crippen LogP contribution in [0.3, 0.4) is 0 Å². The Bertz CT molecular complexity index is 1240. The van der Waals surface area contributed by atoms with Gasteiger partial charge in [-0.3, -0.25) is 14.4 Å². The number of aliphatic hydroxyl groups is 2. The molecular formula is C26H29NO9. The lowest BCUT2D eigenvalue weighted by Crippen LogP contribution is -2.53. The minimum Gasteiger partial charge on any atom is -0.507 e. The number of Topliss-reactive ketones (excluding diaryl/α,β-unsaturated/α-hetero) is 1. The number of ether oxygens (including phenoxy) is 2. The van der Waals surface area contributed by atoms with Gasteiger partial charge in [-0.25, -0.2) is 0 Å². The molecule has 6 N–H and O–H groups in total. The number of carbonyl (C=O) groups is 3. The maximum absolute atomic E-state index is 13.3. The lowest BCUT2D eigenvalue weighted by molar-refractivity contribution is -0.194. The number of rotatable bonds is 8. The van der Waals surface area contributed by atoms with Gasteiger partial charge in [0, 0.05) is 41.5 Å². The van der Waals surface area contributed by atoms with Crippen LogP contribution in [0.5, 0.6) is 11.5 Å². The molecule has 0 saturated carbocycles. The van der Waals surface area contributed by atoms with Crippen LogP contribution in [0, 0.1) is 0 Å². The summed E-state index contributed by atoms with van der Waals surface area (Å²) in [6.45, 7) is 2.38. The van der Waals surface area contributed by atoms with Gasteiger partial charge in [-0.15, -0.1) is 0 Å². The van der Waals surface area contributed by atoms with E-state index in [-0.39, 0.29) is 65.9 Å². The zero-order valence-electron chi connectivity index (χ0n) is 20.0. The SMILES string of the molecule is CC(=O)[C@]1(N)Cc2c(O)c3c(c(O)c2[C@@H](O[C@@H](C[C@H](C)O)OCCO)C1)C(=O)c1ccccc1C3=O. The molecule has 0 heterocycles. The highest BCUT2D eigenvalue weighted by Crippen LogP contribution is 2.51. The summed E-state index contributed by atoms with van der Waals surface area (Å²) < 4.78 is 11.5. The van der Waals surface area contributed by atoms with Crippen molar-refractivity contribution >= 4 is 17.3 Å². The third-order valence-electron chi connectivity index (χ3n) is 6.77. The van der Waals surface area contributed by atoms with Gasteiger partial charge in [0.25, 0.3) is 0 Å². The maximum atomic E-state index is 13.3. The Hall–Kier alpha value is -3.15. The number of ketones is 3. The average molecular weight is 500 g/mol. The van der Waals surface area contributed by atoms with Crippen molar-refractivity contribution in [1.29, 1.82) is 0 Å². The largest absolute Gasteiger partial charge is 0.507 e.